The van der Waals surface area contributed by atoms with Crippen LogP contribution >= 0.6 is 15.9 Å². The minimum Gasteiger partial charge on any atom is -0.497 e. The number of amidine groups is 1. The summed E-state index contributed by atoms with van der Waals surface area (Å²) < 4.78 is 6.44. The zero-order valence-corrected chi connectivity index (χ0v) is 15.5. The fourth-order valence-corrected chi connectivity index (χ4v) is 3.93. The van der Waals surface area contributed by atoms with Gasteiger partial charge in [-0.3, -0.25) is 9.89 Å². The van der Waals surface area contributed by atoms with Gasteiger partial charge in [-0.05, 0) is 41.8 Å². The number of fused-ring (bicyclic) bond motifs is 1. The largest absolute Gasteiger partial charge is 0.497 e. The predicted molar refractivity (Wildman–Crippen MR) is 103 cm³/mol. The number of hydrogen-bond acceptors (Lipinski definition) is 5. The lowest BCUT2D eigenvalue weighted by atomic mass is 9.82. The summed E-state index contributed by atoms with van der Waals surface area (Å²) in [6.45, 7) is 1.63. The monoisotopic (exact) mass is 398 g/mol. The molecule has 5 nitrogen and oxygen atoms in total. The molecule has 0 saturated heterocycles. The van der Waals surface area contributed by atoms with Crippen LogP contribution in [0.4, 0.5) is 0 Å². The lowest BCUT2D eigenvalue weighted by Crippen LogP contribution is -2.46. The maximum atomic E-state index is 6.30. The van der Waals surface area contributed by atoms with Crippen molar-refractivity contribution in [3.8, 4) is 5.75 Å². The second-order valence-corrected chi connectivity index (χ2v) is 7.05. The molecule has 2 aromatic rings. The van der Waals surface area contributed by atoms with Crippen molar-refractivity contribution in [2.75, 3.05) is 20.2 Å². The summed E-state index contributed by atoms with van der Waals surface area (Å²) in [7, 11) is 1.67. The maximum Gasteiger partial charge on any atom is 0.198 e. The molecule has 2 aliphatic rings. The molecule has 0 aromatic heterocycles. The molecule has 2 N–H and O–H groups in total. The molecule has 0 saturated carbocycles. The van der Waals surface area contributed by atoms with Crippen molar-refractivity contribution in [1.29, 1.82) is 0 Å². The van der Waals surface area contributed by atoms with Crippen LogP contribution in [-0.2, 0) is 5.54 Å². The number of aliphatic imine (C=N–C) groups is 2. The summed E-state index contributed by atoms with van der Waals surface area (Å²) in [5.41, 5.74) is 7.58. The number of nitrogens with two attached hydrogens (primary N) is 1. The van der Waals surface area contributed by atoms with Crippen molar-refractivity contribution in [2.45, 2.75) is 12.0 Å². The Kier molecular flexibility index (Phi) is 4.00. The van der Waals surface area contributed by atoms with E-state index in [1.807, 2.05) is 35.2 Å². The van der Waals surface area contributed by atoms with Crippen LogP contribution in [0.15, 0.2) is 63.0 Å². The number of halogens is 1. The Bertz CT molecular complexity index is 879. The molecule has 1 unspecified atom stereocenters. The van der Waals surface area contributed by atoms with Crippen molar-refractivity contribution < 1.29 is 4.74 Å². The molecular weight excluding hydrogens is 380 g/mol. The van der Waals surface area contributed by atoms with Gasteiger partial charge in [-0.25, -0.2) is 4.99 Å². The average molecular weight is 399 g/mol. The number of hydrogen-bond donors (Lipinski definition) is 1. The third-order valence-electron chi connectivity index (χ3n) is 4.67. The fourth-order valence-electron chi connectivity index (χ4n) is 3.54. The molecule has 2 heterocycles. The third-order valence-corrected chi connectivity index (χ3v) is 5.16. The van der Waals surface area contributed by atoms with Gasteiger partial charge in [-0.2, -0.15) is 0 Å². The first kappa shape index (κ1) is 16.1. The van der Waals surface area contributed by atoms with E-state index in [1.54, 1.807) is 7.11 Å². The van der Waals surface area contributed by atoms with E-state index in [1.165, 1.54) is 0 Å². The van der Waals surface area contributed by atoms with Gasteiger partial charge >= 0.3 is 0 Å². The topological polar surface area (TPSA) is 63.2 Å². The zero-order valence-electron chi connectivity index (χ0n) is 13.9. The Morgan fingerprint density at radius 2 is 1.92 bits per heavy atom. The molecule has 0 aliphatic carbocycles. The van der Waals surface area contributed by atoms with Gasteiger partial charge in [0.05, 0.1) is 7.11 Å². The smallest absolute Gasteiger partial charge is 0.198 e. The summed E-state index contributed by atoms with van der Waals surface area (Å²) in [5.74, 6) is 2.19. The average Bonchev–Trinajstić information content (AvgIpc) is 2.96. The van der Waals surface area contributed by atoms with Crippen LogP contribution in [0.1, 0.15) is 17.5 Å². The number of rotatable bonds is 3. The Morgan fingerprint density at radius 1 is 1.16 bits per heavy atom. The molecule has 0 fully saturated rings. The Balaban J connectivity index is 2.01. The van der Waals surface area contributed by atoms with Crippen molar-refractivity contribution in [3.63, 3.8) is 0 Å². The number of guanidine groups is 1. The molecule has 128 valence electrons. The van der Waals surface area contributed by atoms with Crippen molar-refractivity contribution in [3.05, 3.63) is 64.1 Å². The summed E-state index contributed by atoms with van der Waals surface area (Å²) in [6.07, 6.45) is 0.979. The summed E-state index contributed by atoms with van der Waals surface area (Å²) >= 11 is 3.58. The first-order valence-electron chi connectivity index (χ1n) is 8.23. The van der Waals surface area contributed by atoms with Gasteiger partial charge in [0.15, 0.2) is 11.5 Å². The molecular formula is C19H19BrN4O. The first-order valence-corrected chi connectivity index (χ1v) is 9.03. The lowest BCUT2D eigenvalue weighted by Gasteiger charge is -2.33. The molecule has 0 amide bonds. The first-order chi connectivity index (χ1) is 12.1. The molecule has 25 heavy (non-hydrogen) atoms. The zero-order chi connectivity index (χ0) is 17.4. The van der Waals surface area contributed by atoms with E-state index in [0.29, 0.717) is 5.96 Å². The summed E-state index contributed by atoms with van der Waals surface area (Å²) in [6, 6.07) is 16.1. The van der Waals surface area contributed by atoms with Gasteiger partial charge < -0.3 is 10.5 Å². The van der Waals surface area contributed by atoms with Crippen molar-refractivity contribution >= 4 is 27.7 Å². The van der Waals surface area contributed by atoms with Gasteiger partial charge in [0.1, 0.15) is 11.6 Å². The van der Waals surface area contributed by atoms with Crippen LogP contribution in [0.3, 0.4) is 0 Å². The van der Waals surface area contributed by atoms with Crippen LogP contribution in [0.5, 0.6) is 5.75 Å². The summed E-state index contributed by atoms with van der Waals surface area (Å²) in [4.78, 5) is 11.8. The van der Waals surface area contributed by atoms with Crippen LogP contribution in [0, 0.1) is 0 Å². The molecule has 6 heteroatoms. The minimum atomic E-state index is -0.747. The molecule has 2 aromatic carbocycles. The lowest BCUT2D eigenvalue weighted by molar-refractivity contribution is 0.413. The second-order valence-electron chi connectivity index (χ2n) is 6.13. The highest BCUT2D eigenvalue weighted by molar-refractivity contribution is 9.10. The van der Waals surface area contributed by atoms with Gasteiger partial charge in [-0.1, -0.05) is 40.2 Å². The molecule has 0 radical (unpaired) electrons. The quantitative estimate of drug-likeness (QED) is 0.863. The molecule has 2 aliphatic heterocycles. The molecule has 1 atom stereocenters. The molecule has 0 bridgehead atoms. The third kappa shape index (κ3) is 2.52. The van der Waals surface area contributed by atoms with E-state index < -0.39 is 5.54 Å². The Labute approximate surface area is 155 Å². The molecule has 0 spiro atoms. The fraction of sp³-hybridized carbons (Fsp3) is 0.263. The van der Waals surface area contributed by atoms with E-state index in [0.717, 1.165) is 46.7 Å². The van der Waals surface area contributed by atoms with Crippen molar-refractivity contribution in [2.24, 2.45) is 15.7 Å². The highest BCUT2D eigenvalue weighted by atomic mass is 79.9. The van der Waals surface area contributed by atoms with E-state index in [4.69, 9.17) is 20.5 Å². The van der Waals surface area contributed by atoms with Crippen LogP contribution < -0.4 is 10.5 Å². The highest BCUT2D eigenvalue weighted by Gasteiger charge is 2.49. The van der Waals surface area contributed by atoms with E-state index in [2.05, 4.69) is 34.1 Å². The number of ether oxygens (including phenoxy) is 1. The van der Waals surface area contributed by atoms with Crippen molar-refractivity contribution in [1.82, 2.24) is 4.90 Å². The van der Waals surface area contributed by atoms with Gasteiger partial charge in [0.25, 0.3) is 0 Å². The number of methoxy groups -OCH3 is 1. The minimum absolute atomic E-state index is 0.515. The van der Waals surface area contributed by atoms with Crippen LogP contribution in [-0.4, -0.2) is 36.9 Å². The highest BCUT2D eigenvalue weighted by Crippen LogP contribution is 2.42. The van der Waals surface area contributed by atoms with Crippen LogP contribution in [0.25, 0.3) is 0 Å². The Hall–Kier alpha value is -2.34. The summed E-state index contributed by atoms with van der Waals surface area (Å²) in [5, 5.41) is 0. The maximum absolute atomic E-state index is 6.30. The second kappa shape index (κ2) is 6.19. The molecule has 4 rings (SSSR count). The van der Waals surface area contributed by atoms with E-state index in [-0.39, 0.29) is 0 Å². The van der Waals surface area contributed by atoms with E-state index in [9.17, 15) is 0 Å². The predicted octanol–water partition coefficient (Wildman–Crippen LogP) is 3.13. The van der Waals surface area contributed by atoms with E-state index >= 15 is 0 Å². The SMILES string of the molecule is COc1cccc(C2(c3cccc(Br)c3)N=C(N)N3CCCN=C32)c1. The number of benzene rings is 2. The Morgan fingerprint density at radius 3 is 2.68 bits per heavy atom. The normalized spacial score (nSPS) is 22.2. The van der Waals surface area contributed by atoms with Gasteiger partial charge in [0, 0.05) is 17.6 Å². The van der Waals surface area contributed by atoms with Gasteiger partial charge in [0.2, 0.25) is 0 Å². The van der Waals surface area contributed by atoms with Crippen LogP contribution in [0.2, 0.25) is 0 Å². The van der Waals surface area contributed by atoms with Gasteiger partial charge in [-0.15, -0.1) is 0 Å². The number of nitrogens with zero attached hydrogens (tertiary/aromatic N) is 3. The standard InChI is InChI=1S/C19H19BrN4O/c1-25-16-8-3-6-14(12-16)19(13-5-2-7-15(20)11-13)17-22-9-4-10-24(17)18(21)23-19/h2-3,5-8,11-12H,4,9-10H2,1H3,(H2,21,23).